The molecule has 2 aromatic rings. The zero-order chi connectivity index (χ0) is 19.2. The van der Waals surface area contributed by atoms with Crippen molar-refractivity contribution in [3.8, 4) is 0 Å². The molecule has 2 amide bonds. The van der Waals surface area contributed by atoms with Crippen LogP contribution < -0.4 is 5.32 Å². The van der Waals surface area contributed by atoms with Gasteiger partial charge in [0.25, 0.3) is 5.69 Å². The van der Waals surface area contributed by atoms with Gasteiger partial charge in [0.1, 0.15) is 6.04 Å². The van der Waals surface area contributed by atoms with Gasteiger partial charge in [-0.15, -0.1) is 11.8 Å². The number of thioether (sulfide) groups is 1. The van der Waals surface area contributed by atoms with Crippen LogP contribution in [0.4, 0.5) is 5.69 Å². The molecule has 2 aromatic carbocycles. The number of nitrogens with one attached hydrogen (secondary N) is 1. The molecule has 8 heteroatoms. The summed E-state index contributed by atoms with van der Waals surface area (Å²) < 4.78 is 0. The summed E-state index contributed by atoms with van der Waals surface area (Å²) in [5, 5.41) is 14.0. The Bertz CT molecular complexity index is 844. The minimum absolute atomic E-state index is 0.0808. The molecule has 1 atom stereocenters. The number of carbonyl (C=O) groups excluding carboxylic acids is 2. The normalized spacial score (nSPS) is 16.1. The van der Waals surface area contributed by atoms with E-state index >= 15 is 0 Å². The first-order chi connectivity index (χ1) is 13.1. The van der Waals surface area contributed by atoms with Crippen molar-refractivity contribution in [3.63, 3.8) is 0 Å². The summed E-state index contributed by atoms with van der Waals surface area (Å²) in [5.74, 6) is 0.431. The number of benzene rings is 2. The highest BCUT2D eigenvalue weighted by Gasteiger charge is 2.35. The predicted molar refractivity (Wildman–Crippen MR) is 103 cm³/mol. The number of carbonyl (C=O) groups is 2. The van der Waals surface area contributed by atoms with Gasteiger partial charge >= 0.3 is 0 Å². The Labute approximate surface area is 160 Å². The molecule has 140 valence electrons. The monoisotopic (exact) mass is 385 g/mol. The molecular weight excluding hydrogens is 366 g/mol. The molecule has 1 fully saturated rings. The number of hydrogen-bond acceptors (Lipinski definition) is 5. The van der Waals surface area contributed by atoms with Gasteiger partial charge in [-0.2, -0.15) is 0 Å². The molecule has 27 heavy (non-hydrogen) atoms. The maximum absolute atomic E-state index is 12.7. The van der Waals surface area contributed by atoms with Crippen LogP contribution in [0.1, 0.15) is 11.1 Å². The number of nitrogens with zero attached hydrogens (tertiary/aromatic N) is 2. The van der Waals surface area contributed by atoms with Gasteiger partial charge in [0.15, 0.2) is 0 Å². The van der Waals surface area contributed by atoms with E-state index in [0.29, 0.717) is 23.7 Å². The van der Waals surface area contributed by atoms with Crippen molar-refractivity contribution in [2.24, 2.45) is 0 Å². The highest BCUT2D eigenvalue weighted by atomic mass is 32.2. The van der Waals surface area contributed by atoms with Crippen molar-refractivity contribution >= 4 is 29.3 Å². The van der Waals surface area contributed by atoms with Gasteiger partial charge < -0.3 is 10.2 Å². The van der Waals surface area contributed by atoms with Crippen LogP contribution in [0.15, 0.2) is 54.6 Å². The number of rotatable bonds is 6. The maximum atomic E-state index is 12.7. The molecule has 0 bridgehead atoms. The molecule has 1 aliphatic heterocycles. The second-order valence-electron chi connectivity index (χ2n) is 6.15. The van der Waals surface area contributed by atoms with Gasteiger partial charge in [-0.25, -0.2) is 0 Å². The number of hydrogen-bond donors (Lipinski definition) is 1. The van der Waals surface area contributed by atoms with Crippen LogP contribution in [0, 0.1) is 10.1 Å². The molecule has 0 aliphatic carbocycles. The Balaban J connectivity index is 1.64. The van der Waals surface area contributed by atoms with Gasteiger partial charge in [-0.3, -0.25) is 19.7 Å². The topological polar surface area (TPSA) is 92.6 Å². The lowest BCUT2D eigenvalue weighted by Gasteiger charge is -2.23. The lowest BCUT2D eigenvalue weighted by Crippen LogP contribution is -2.47. The van der Waals surface area contributed by atoms with Crippen LogP contribution in [-0.2, 0) is 22.6 Å². The fourth-order valence-electron chi connectivity index (χ4n) is 2.91. The Morgan fingerprint density at radius 1 is 1.15 bits per heavy atom. The van der Waals surface area contributed by atoms with Crippen molar-refractivity contribution < 1.29 is 14.5 Å². The molecule has 0 aromatic heterocycles. The van der Waals surface area contributed by atoms with Crippen molar-refractivity contribution in [3.05, 3.63) is 75.8 Å². The first kappa shape index (κ1) is 18.9. The molecule has 3 rings (SSSR count). The first-order valence-corrected chi connectivity index (χ1v) is 9.63. The van der Waals surface area contributed by atoms with E-state index in [0.717, 1.165) is 5.56 Å². The third-order valence-corrected chi connectivity index (χ3v) is 5.36. The van der Waals surface area contributed by atoms with Gasteiger partial charge in [-0.1, -0.05) is 48.5 Å². The highest BCUT2D eigenvalue weighted by Crippen LogP contribution is 2.24. The third kappa shape index (κ3) is 4.65. The average molecular weight is 385 g/mol. The molecule has 0 spiro atoms. The summed E-state index contributed by atoms with van der Waals surface area (Å²) >= 11 is 1.50. The molecule has 1 saturated heterocycles. The van der Waals surface area contributed by atoms with Crippen molar-refractivity contribution in [1.82, 2.24) is 10.2 Å². The smallest absolute Gasteiger partial charge is 0.273 e. The van der Waals surface area contributed by atoms with Crippen molar-refractivity contribution in [2.45, 2.75) is 19.0 Å². The Morgan fingerprint density at radius 3 is 2.59 bits per heavy atom. The molecule has 1 aliphatic rings. The average Bonchev–Trinajstić information content (AvgIpc) is 3.17. The lowest BCUT2D eigenvalue weighted by atomic mass is 10.1. The molecule has 0 saturated carbocycles. The third-order valence-electron chi connectivity index (χ3n) is 4.34. The van der Waals surface area contributed by atoms with E-state index in [-0.39, 0.29) is 23.9 Å². The van der Waals surface area contributed by atoms with E-state index < -0.39 is 11.0 Å². The van der Waals surface area contributed by atoms with Crippen LogP contribution in [0.3, 0.4) is 0 Å². The van der Waals surface area contributed by atoms with E-state index in [9.17, 15) is 19.7 Å². The van der Waals surface area contributed by atoms with Crippen LogP contribution in [0.25, 0.3) is 0 Å². The number of nitro benzene ring substituents is 1. The van der Waals surface area contributed by atoms with Gasteiger partial charge in [0.2, 0.25) is 11.8 Å². The standard InChI is InChI=1S/C19H19N3O4S/c23-18(10-15-8-4-5-9-16(15)22(25)26)21-13-27-12-17(21)19(24)20-11-14-6-2-1-3-7-14/h1-9,17H,10-13H2,(H,20,24). The second-order valence-corrected chi connectivity index (χ2v) is 7.14. The Morgan fingerprint density at radius 2 is 1.85 bits per heavy atom. The summed E-state index contributed by atoms with van der Waals surface area (Å²) in [5.41, 5.74) is 1.25. The minimum Gasteiger partial charge on any atom is -0.350 e. The predicted octanol–water partition coefficient (Wildman–Crippen LogP) is 2.36. The second kappa shape index (κ2) is 8.68. The SMILES string of the molecule is O=C(NCc1ccccc1)C1CSCN1C(=O)Cc1ccccc1[N+](=O)[O-]. The molecule has 7 nitrogen and oxygen atoms in total. The van der Waals surface area contributed by atoms with E-state index in [1.807, 2.05) is 30.3 Å². The Hall–Kier alpha value is -2.87. The van der Waals surface area contributed by atoms with Crippen molar-refractivity contribution in [1.29, 1.82) is 0 Å². The van der Waals surface area contributed by atoms with Crippen LogP contribution in [0.2, 0.25) is 0 Å². The fraction of sp³-hybridized carbons (Fsp3) is 0.263. The maximum Gasteiger partial charge on any atom is 0.273 e. The summed E-state index contributed by atoms with van der Waals surface area (Å²) in [6.45, 7) is 0.396. The van der Waals surface area contributed by atoms with E-state index in [1.54, 1.807) is 18.2 Å². The van der Waals surface area contributed by atoms with Gasteiger partial charge in [0, 0.05) is 23.9 Å². The molecule has 1 N–H and O–H groups in total. The zero-order valence-electron chi connectivity index (χ0n) is 14.5. The lowest BCUT2D eigenvalue weighted by molar-refractivity contribution is -0.385. The van der Waals surface area contributed by atoms with Crippen molar-refractivity contribution in [2.75, 3.05) is 11.6 Å². The quantitative estimate of drug-likeness (QED) is 0.609. The summed E-state index contributed by atoms with van der Waals surface area (Å²) in [4.78, 5) is 37.4. The largest absolute Gasteiger partial charge is 0.350 e. The fourth-order valence-corrected chi connectivity index (χ4v) is 4.09. The molecule has 0 radical (unpaired) electrons. The summed E-state index contributed by atoms with van der Waals surface area (Å²) in [7, 11) is 0. The molecular formula is C19H19N3O4S. The zero-order valence-corrected chi connectivity index (χ0v) is 15.4. The van der Waals surface area contributed by atoms with E-state index in [2.05, 4.69) is 5.32 Å². The first-order valence-electron chi connectivity index (χ1n) is 8.47. The number of nitro groups is 1. The van der Waals surface area contributed by atoms with Crippen LogP contribution in [0.5, 0.6) is 0 Å². The Kier molecular flexibility index (Phi) is 6.08. The minimum atomic E-state index is -0.561. The van der Waals surface area contributed by atoms with Crippen LogP contribution >= 0.6 is 11.8 Å². The molecule has 1 heterocycles. The van der Waals surface area contributed by atoms with Gasteiger partial charge in [0.05, 0.1) is 17.2 Å². The van der Waals surface area contributed by atoms with Gasteiger partial charge in [-0.05, 0) is 5.56 Å². The van der Waals surface area contributed by atoms with E-state index in [1.165, 1.54) is 22.7 Å². The summed E-state index contributed by atoms with van der Waals surface area (Å²) in [6, 6.07) is 15.2. The number of para-hydroxylation sites is 1. The highest BCUT2D eigenvalue weighted by molar-refractivity contribution is 7.99. The van der Waals surface area contributed by atoms with Crippen LogP contribution in [-0.4, -0.2) is 39.3 Å². The molecule has 1 unspecified atom stereocenters. The number of amides is 2. The van der Waals surface area contributed by atoms with E-state index in [4.69, 9.17) is 0 Å². The summed E-state index contributed by atoms with van der Waals surface area (Å²) in [6.07, 6.45) is -0.0970.